The third-order valence-corrected chi connectivity index (χ3v) is 5.70. The SMILES string of the molecule is Cc1ccc(S(=O)(=O)N(C)CCCCCBr)c(C)c1. The molecule has 3 nitrogen and oxygen atoms in total. The van der Waals surface area contributed by atoms with E-state index in [1.165, 1.54) is 4.31 Å². The monoisotopic (exact) mass is 347 g/mol. The largest absolute Gasteiger partial charge is 0.243 e. The van der Waals surface area contributed by atoms with Crippen LogP contribution in [0.15, 0.2) is 23.1 Å². The summed E-state index contributed by atoms with van der Waals surface area (Å²) in [6.45, 7) is 4.38. The second-order valence-corrected chi connectivity index (χ2v) is 7.65. The molecular weight excluding hydrogens is 326 g/mol. The summed E-state index contributed by atoms with van der Waals surface area (Å²) in [5.74, 6) is 0. The Hall–Kier alpha value is -0.390. The van der Waals surface area contributed by atoms with Gasteiger partial charge in [-0.15, -0.1) is 0 Å². The molecule has 0 aliphatic heterocycles. The highest BCUT2D eigenvalue weighted by Crippen LogP contribution is 2.20. The van der Waals surface area contributed by atoms with Crippen LogP contribution in [0.3, 0.4) is 0 Å². The predicted octanol–water partition coefficient (Wildman–Crippen LogP) is 3.49. The maximum Gasteiger partial charge on any atom is 0.243 e. The van der Waals surface area contributed by atoms with Crippen molar-refractivity contribution in [1.82, 2.24) is 4.31 Å². The van der Waals surface area contributed by atoms with Crippen LogP contribution in [0.25, 0.3) is 0 Å². The molecule has 0 bridgehead atoms. The zero-order chi connectivity index (χ0) is 14.5. The van der Waals surface area contributed by atoms with Crippen LogP contribution in [0.2, 0.25) is 0 Å². The number of aryl methyl sites for hydroxylation is 2. The van der Waals surface area contributed by atoms with Crippen molar-refractivity contribution in [3.63, 3.8) is 0 Å². The van der Waals surface area contributed by atoms with Gasteiger partial charge in [0.25, 0.3) is 0 Å². The van der Waals surface area contributed by atoms with E-state index in [1.54, 1.807) is 13.1 Å². The summed E-state index contributed by atoms with van der Waals surface area (Å²) >= 11 is 3.38. The molecule has 0 N–H and O–H groups in total. The van der Waals surface area contributed by atoms with Crippen molar-refractivity contribution in [1.29, 1.82) is 0 Å². The lowest BCUT2D eigenvalue weighted by Crippen LogP contribution is -2.28. The van der Waals surface area contributed by atoms with Gasteiger partial charge in [0.05, 0.1) is 4.90 Å². The normalized spacial score (nSPS) is 12.1. The molecule has 0 heterocycles. The third kappa shape index (κ3) is 4.58. The number of alkyl halides is 1. The topological polar surface area (TPSA) is 37.4 Å². The van der Waals surface area contributed by atoms with Gasteiger partial charge in [0.1, 0.15) is 0 Å². The molecule has 0 saturated carbocycles. The number of unbranched alkanes of at least 4 members (excludes halogenated alkanes) is 2. The minimum atomic E-state index is -3.35. The molecule has 0 aromatic heterocycles. The third-order valence-electron chi connectivity index (χ3n) is 3.13. The molecular formula is C14H22BrNO2S. The van der Waals surface area contributed by atoms with Crippen molar-refractivity contribution < 1.29 is 8.42 Å². The van der Waals surface area contributed by atoms with E-state index in [-0.39, 0.29) is 0 Å². The maximum absolute atomic E-state index is 12.4. The standard InChI is InChI=1S/C14H22BrNO2S/c1-12-7-8-14(13(2)11-12)19(17,18)16(3)10-6-4-5-9-15/h7-8,11H,4-6,9-10H2,1-3H3. The van der Waals surface area contributed by atoms with Gasteiger partial charge in [0, 0.05) is 18.9 Å². The van der Waals surface area contributed by atoms with Crippen LogP contribution in [0, 0.1) is 13.8 Å². The first-order valence-corrected chi connectivity index (χ1v) is 9.05. The Morgan fingerprint density at radius 1 is 1.16 bits per heavy atom. The fraction of sp³-hybridized carbons (Fsp3) is 0.571. The number of hydrogen-bond donors (Lipinski definition) is 0. The van der Waals surface area contributed by atoms with E-state index in [0.717, 1.165) is 35.7 Å². The Morgan fingerprint density at radius 2 is 1.84 bits per heavy atom. The Morgan fingerprint density at radius 3 is 2.42 bits per heavy atom. The first-order valence-electron chi connectivity index (χ1n) is 6.49. The second-order valence-electron chi connectivity index (χ2n) is 4.85. The van der Waals surface area contributed by atoms with Gasteiger partial charge in [0.2, 0.25) is 10.0 Å². The van der Waals surface area contributed by atoms with Crippen LogP contribution in [-0.4, -0.2) is 31.6 Å². The first-order chi connectivity index (χ1) is 8.89. The zero-order valence-corrected chi connectivity index (χ0v) is 14.2. The molecule has 0 atom stereocenters. The van der Waals surface area contributed by atoms with Gasteiger partial charge in [-0.3, -0.25) is 0 Å². The average molecular weight is 348 g/mol. The van der Waals surface area contributed by atoms with Crippen LogP contribution in [0.5, 0.6) is 0 Å². The van der Waals surface area contributed by atoms with Crippen molar-refractivity contribution >= 4 is 26.0 Å². The van der Waals surface area contributed by atoms with Crippen molar-refractivity contribution in [2.45, 2.75) is 38.0 Å². The molecule has 0 aliphatic carbocycles. The van der Waals surface area contributed by atoms with Crippen molar-refractivity contribution in [2.24, 2.45) is 0 Å². The number of halogens is 1. The Bertz CT molecular complexity index is 514. The molecule has 0 spiro atoms. The quantitative estimate of drug-likeness (QED) is 0.559. The van der Waals surface area contributed by atoms with Crippen LogP contribution in [0.1, 0.15) is 30.4 Å². The van der Waals surface area contributed by atoms with Gasteiger partial charge in [-0.25, -0.2) is 12.7 Å². The second kappa shape index (κ2) is 7.41. The minimum absolute atomic E-state index is 0.418. The van der Waals surface area contributed by atoms with Gasteiger partial charge in [-0.2, -0.15) is 0 Å². The number of rotatable bonds is 7. The van der Waals surface area contributed by atoms with E-state index < -0.39 is 10.0 Å². The van der Waals surface area contributed by atoms with Gasteiger partial charge in [-0.05, 0) is 38.3 Å². The number of nitrogens with zero attached hydrogens (tertiary/aromatic N) is 1. The molecule has 1 rings (SSSR count). The Balaban J connectivity index is 2.79. The predicted molar refractivity (Wildman–Crippen MR) is 83.4 cm³/mol. The molecule has 0 unspecified atom stereocenters. The van der Waals surface area contributed by atoms with E-state index in [0.29, 0.717) is 11.4 Å². The summed E-state index contributed by atoms with van der Waals surface area (Å²) in [5, 5.41) is 0.973. The molecule has 0 aliphatic rings. The highest BCUT2D eigenvalue weighted by molar-refractivity contribution is 9.09. The molecule has 108 valence electrons. The number of benzene rings is 1. The molecule has 0 fully saturated rings. The van der Waals surface area contributed by atoms with Crippen LogP contribution >= 0.6 is 15.9 Å². The van der Waals surface area contributed by atoms with E-state index >= 15 is 0 Å². The smallest absolute Gasteiger partial charge is 0.207 e. The lowest BCUT2D eigenvalue weighted by molar-refractivity contribution is 0.454. The van der Waals surface area contributed by atoms with Gasteiger partial charge < -0.3 is 0 Å². The Kier molecular flexibility index (Phi) is 6.50. The summed E-state index contributed by atoms with van der Waals surface area (Å²) in [4.78, 5) is 0.418. The van der Waals surface area contributed by atoms with Gasteiger partial charge in [0.15, 0.2) is 0 Å². The van der Waals surface area contributed by atoms with Gasteiger partial charge in [-0.1, -0.05) is 40.0 Å². The average Bonchev–Trinajstić information content (AvgIpc) is 2.33. The summed E-state index contributed by atoms with van der Waals surface area (Å²) in [7, 11) is -1.70. The lowest BCUT2D eigenvalue weighted by atomic mass is 10.2. The highest BCUT2D eigenvalue weighted by atomic mass is 79.9. The van der Waals surface area contributed by atoms with Crippen molar-refractivity contribution in [3.8, 4) is 0 Å². The molecule has 19 heavy (non-hydrogen) atoms. The van der Waals surface area contributed by atoms with E-state index in [1.807, 2.05) is 26.0 Å². The van der Waals surface area contributed by atoms with Crippen LogP contribution in [0.4, 0.5) is 0 Å². The summed E-state index contributed by atoms with van der Waals surface area (Å²) in [5.41, 5.74) is 1.89. The van der Waals surface area contributed by atoms with E-state index in [4.69, 9.17) is 0 Å². The fourth-order valence-electron chi connectivity index (χ4n) is 1.98. The zero-order valence-electron chi connectivity index (χ0n) is 11.8. The molecule has 0 radical (unpaired) electrons. The minimum Gasteiger partial charge on any atom is -0.207 e. The molecule has 0 saturated heterocycles. The highest BCUT2D eigenvalue weighted by Gasteiger charge is 2.21. The van der Waals surface area contributed by atoms with Gasteiger partial charge >= 0.3 is 0 Å². The summed E-state index contributed by atoms with van der Waals surface area (Å²) in [6.07, 6.45) is 3.02. The van der Waals surface area contributed by atoms with Crippen molar-refractivity contribution in [3.05, 3.63) is 29.3 Å². The van der Waals surface area contributed by atoms with E-state index in [9.17, 15) is 8.42 Å². The first kappa shape index (κ1) is 16.7. The van der Waals surface area contributed by atoms with Crippen LogP contribution in [-0.2, 0) is 10.0 Å². The molecule has 1 aromatic rings. The molecule has 5 heteroatoms. The van der Waals surface area contributed by atoms with E-state index in [2.05, 4.69) is 15.9 Å². The number of sulfonamides is 1. The molecule has 0 amide bonds. The lowest BCUT2D eigenvalue weighted by Gasteiger charge is -2.18. The molecule has 1 aromatic carbocycles. The van der Waals surface area contributed by atoms with Crippen LogP contribution < -0.4 is 0 Å². The summed E-state index contributed by atoms with van der Waals surface area (Å²) < 4.78 is 26.3. The summed E-state index contributed by atoms with van der Waals surface area (Å²) in [6, 6.07) is 5.46. The Labute approximate surface area is 125 Å². The number of hydrogen-bond acceptors (Lipinski definition) is 2. The van der Waals surface area contributed by atoms with Crippen molar-refractivity contribution in [2.75, 3.05) is 18.9 Å². The fourth-order valence-corrected chi connectivity index (χ4v) is 3.79. The maximum atomic E-state index is 12.4.